The normalized spacial score (nSPS) is 26.4. The summed E-state index contributed by atoms with van der Waals surface area (Å²) >= 11 is 0. The third-order valence-corrected chi connectivity index (χ3v) is 3.47. The van der Waals surface area contributed by atoms with Crippen LogP contribution in [0.3, 0.4) is 0 Å². The van der Waals surface area contributed by atoms with Crippen LogP contribution in [0.4, 0.5) is 0 Å². The highest BCUT2D eigenvalue weighted by Crippen LogP contribution is 2.26. The van der Waals surface area contributed by atoms with Crippen molar-refractivity contribution >= 4 is 11.9 Å². The van der Waals surface area contributed by atoms with Crippen molar-refractivity contribution in [1.29, 1.82) is 0 Å². The van der Waals surface area contributed by atoms with Gasteiger partial charge in [-0.1, -0.05) is 13.3 Å². The molecule has 5 heteroatoms. The fourth-order valence-electron chi connectivity index (χ4n) is 2.28. The molecule has 0 aromatic carbocycles. The van der Waals surface area contributed by atoms with Crippen molar-refractivity contribution in [3.05, 3.63) is 0 Å². The van der Waals surface area contributed by atoms with Crippen molar-refractivity contribution < 1.29 is 19.1 Å². The molecule has 0 saturated carbocycles. The first kappa shape index (κ1) is 15.0. The van der Waals surface area contributed by atoms with E-state index in [-0.39, 0.29) is 5.91 Å². The average molecular weight is 257 g/mol. The lowest BCUT2D eigenvalue weighted by atomic mass is 9.93. The van der Waals surface area contributed by atoms with E-state index in [2.05, 4.69) is 5.32 Å². The minimum atomic E-state index is -0.977. The number of esters is 1. The van der Waals surface area contributed by atoms with Crippen LogP contribution in [0, 0.1) is 0 Å². The second-order valence-electron chi connectivity index (χ2n) is 5.21. The zero-order valence-electron chi connectivity index (χ0n) is 11.7. The predicted octanol–water partition coefficient (Wildman–Crippen LogP) is 1.40. The van der Waals surface area contributed by atoms with Crippen molar-refractivity contribution in [3.63, 3.8) is 0 Å². The van der Waals surface area contributed by atoms with Crippen molar-refractivity contribution in [1.82, 2.24) is 5.32 Å². The van der Waals surface area contributed by atoms with Crippen LogP contribution in [0.1, 0.15) is 46.5 Å². The van der Waals surface area contributed by atoms with Gasteiger partial charge in [-0.2, -0.15) is 0 Å². The zero-order valence-corrected chi connectivity index (χ0v) is 11.7. The number of methoxy groups -OCH3 is 1. The third-order valence-electron chi connectivity index (χ3n) is 3.47. The molecular weight excluding hydrogens is 234 g/mol. The van der Waals surface area contributed by atoms with E-state index in [1.807, 2.05) is 6.92 Å². The lowest BCUT2D eigenvalue weighted by Gasteiger charge is -2.32. The molecule has 2 unspecified atom stereocenters. The molecule has 104 valence electrons. The largest absolute Gasteiger partial charge is 0.467 e. The fourth-order valence-corrected chi connectivity index (χ4v) is 2.28. The van der Waals surface area contributed by atoms with Crippen LogP contribution in [0.2, 0.25) is 0 Å². The highest BCUT2D eigenvalue weighted by molar-refractivity contribution is 5.91. The quantitative estimate of drug-likeness (QED) is 0.756. The van der Waals surface area contributed by atoms with Gasteiger partial charge in [-0.25, -0.2) is 4.79 Å². The standard InChI is InChI=1S/C13H23NO4/c1-5-7-12(2,11(16)17-4)14-10(15)13(3)8-6-9-18-13/h5-9H2,1-4H3,(H,14,15). The summed E-state index contributed by atoms with van der Waals surface area (Å²) in [4.78, 5) is 24.0. The number of hydrogen-bond acceptors (Lipinski definition) is 4. The molecule has 5 nitrogen and oxygen atoms in total. The van der Waals surface area contributed by atoms with Crippen LogP contribution in [-0.2, 0) is 19.1 Å². The van der Waals surface area contributed by atoms with E-state index in [4.69, 9.17) is 9.47 Å². The van der Waals surface area contributed by atoms with Gasteiger partial charge < -0.3 is 14.8 Å². The Morgan fingerprint density at radius 1 is 1.50 bits per heavy atom. The fraction of sp³-hybridized carbons (Fsp3) is 0.846. The molecule has 0 aromatic rings. The monoisotopic (exact) mass is 257 g/mol. The van der Waals surface area contributed by atoms with E-state index in [9.17, 15) is 9.59 Å². The molecule has 1 N–H and O–H groups in total. The summed E-state index contributed by atoms with van der Waals surface area (Å²) in [6.45, 7) is 6.01. The molecule has 1 heterocycles. The molecule has 1 aliphatic rings. The molecule has 0 radical (unpaired) electrons. The maximum absolute atomic E-state index is 12.2. The number of hydrogen-bond donors (Lipinski definition) is 1. The van der Waals surface area contributed by atoms with Gasteiger partial charge in [0.2, 0.25) is 0 Å². The highest BCUT2D eigenvalue weighted by atomic mass is 16.5. The SMILES string of the molecule is CCCC(C)(NC(=O)C1(C)CCCO1)C(=O)OC. The Labute approximate surface area is 108 Å². The zero-order chi connectivity index (χ0) is 13.8. The molecule has 0 aromatic heterocycles. The Bertz CT molecular complexity index is 323. The minimum Gasteiger partial charge on any atom is -0.467 e. The predicted molar refractivity (Wildman–Crippen MR) is 67.1 cm³/mol. The van der Waals surface area contributed by atoms with E-state index in [1.165, 1.54) is 7.11 Å². The Hall–Kier alpha value is -1.10. The molecule has 0 spiro atoms. The van der Waals surface area contributed by atoms with Crippen LogP contribution in [0.15, 0.2) is 0 Å². The Balaban J connectivity index is 2.77. The molecule has 1 rings (SSSR count). The Morgan fingerprint density at radius 3 is 2.61 bits per heavy atom. The van der Waals surface area contributed by atoms with Crippen molar-refractivity contribution in [2.24, 2.45) is 0 Å². The summed E-state index contributed by atoms with van der Waals surface area (Å²) in [7, 11) is 1.33. The molecule has 18 heavy (non-hydrogen) atoms. The first-order valence-corrected chi connectivity index (χ1v) is 6.43. The van der Waals surface area contributed by atoms with Crippen LogP contribution in [-0.4, -0.2) is 36.7 Å². The highest BCUT2D eigenvalue weighted by Gasteiger charge is 2.43. The van der Waals surface area contributed by atoms with Gasteiger partial charge in [-0.15, -0.1) is 0 Å². The van der Waals surface area contributed by atoms with Crippen molar-refractivity contribution in [2.75, 3.05) is 13.7 Å². The Morgan fingerprint density at radius 2 is 2.17 bits per heavy atom. The molecule has 2 atom stereocenters. The van der Waals surface area contributed by atoms with Gasteiger partial charge in [-0.3, -0.25) is 4.79 Å². The summed E-state index contributed by atoms with van der Waals surface area (Å²) in [5, 5.41) is 2.79. The number of carbonyl (C=O) groups excluding carboxylic acids is 2. The van der Waals surface area contributed by atoms with Gasteiger partial charge >= 0.3 is 5.97 Å². The molecule has 1 aliphatic heterocycles. The summed E-state index contributed by atoms with van der Waals surface area (Å²) in [6.07, 6.45) is 2.87. The second kappa shape index (κ2) is 5.69. The average Bonchev–Trinajstić information content (AvgIpc) is 2.76. The van der Waals surface area contributed by atoms with Crippen molar-refractivity contribution in [3.8, 4) is 0 Å². The molecule has 0 bridgehead atoms. The summed E-state index contributed by atoms with van der Waals surface area (Å²) < 4.78 is 10.2. The minimum absolute atomic E-state index is 0.235. The van der Waals surface area contributed by atoms with E-state index in [0.29, 0.717) is 19.4 Å². The molecular formula is C13H23NO4. The number of amides is 1. The Kier molecular flexibility index (Phi) is 4.73. The van der Waals surface area contributed by atoms with Crippen LogP contribution < -0.4 is 5.32 Å². The number of carbonyl (C=O) groups is 2. The molecule has 1 saturated heterocycles. The van der Waals surface area contributed by atoms with Crippen molar-refractivity contribution in [2.45, 2.75) is 57.6 Å². The molecule has 1 fully saturated rings. The van der Waals surface area contributed by atoms with Crippen LogP contribution in [0.5, 0.6) is 0 Å². The van der Waals surface area contributed by atoms with E-state index < -0.39 is 17.1 Å². The third kappa shape index (κ3) is 3.02. The summed E-state index contributed by atoms with van der Waals surface area (Å²) in [5.41, 5.74) is -1.79. The molecule has 1 amide bonds. The van der Waals surface area contributed by atoms with E-state index in [1.54, 1.807) is 13.8 Å². The number of nitrogens with one attached hydrogen (secondary N) is 1. The van der Waals surface area contributed by atoms with E-state index >= 15 is 0 Å². The first-order chi connectivity index (χ1) is 8.38. The van der Waals surface area contributed by atoms with Gasteiger partial charge in [0.25, 0.3) is 5.91 Å². The lowest BCUT2D eigenvalue weighted by Crippen LogP contribution is -2.58. The smallest absolute Gasteiger partial charge is 0.331 e. The molecule has 0 aliphatic carbocycles. The van der Waals surface area contributed by atoms with Crippen LogP contribution in [0.25, 0.3) is 0 Å². The van der Waals surface area contributed by atoms with Gasteiger partial charge in [0.05, 0.1) is 7.11 Å². The maximum atomic E-state index is 12.2. The topological polar surface area (TPSA) is 64.6 Å². The number of ether oxygens (including phenoxy) is 2. The van der Waals surface area contributed by atoms with Gasteiger partial charge in [0.15, 0.2) is 0 Å². The second-order valence-corrected chi connectivity index (χ2v) is 5.21. The van der Waals surface area contributed by atoms with Gasteiger partial charge in [0.1, 0.15) is 11.1 Å². The number of rotatable bonds is 5. The maximum Gasteiger partial charge on any atom is 0.331 e. The van der Waals surface area contributed by atoms with Gasteiger partial charge in [-0.05, 0) is 33.1 Å². The summed E-state index contributed by atoms with van der Waals surface area (Å²) in [5.74, 6) is -0.652. The lowest BCUT2D eigenvalue weighted by molar-refractivity contribution is -0.154. The van der Waals surface area contributed by atoms with Crippen LogP contribution >= 0.6 is 0 Å². The summed E-state index contributed by atoms with van der Waals surface area (Å²) in [6, 6.07) is 0. The first-order valence-electron chi connectivity index (χ1n) is 6.43. The van der Waals surface area contributed by atoms with Gasteiger partial charge in [0, 0.05) is 6.61 Å². The van der Waals surface area contributed by atoms with E-state index in [0.717, 1.165) is 12.8 Å².